The number of aromatic amines is 1. The van der Waals surface area contributed by atoms with Crippen molar-refractivity contribution in [2.75, 3.05) is 6.61 Å². The maximum Gasteiger partial charge on any atom is 0.323 e. The number of H-pyrrole nitrogens is 1. The monoisotopic (exact) mass is 232 g/mol. The number of aromatic nitrogens is 1. The van der Waals surface area contributed by atoms with Crippen LogP contribution >= 0.6 is 0 Å². The first-order chi connectivity index (χ1) is 8.22. The van der Waals surface area contributed by atoms with Gasteiger partial charge in [0.1, 0.15) is 6.04 Å². The summed E-state index contributed by atoms with van der Waals surface area (Å²) in [5.74, 6) is -0.351. The molecule has 0 saturated carbocycles. The summed E-state index contributed by atoms with van der Waals surface area (Å²) < 4.78 is 4.90. The number of hydrogen-bond donors (Lipinski definition) is 2. The van der Waals surface area contributed by atoms with Gasteiger partial charge in [0.05, 0.1) is 6.61 Å². The lowest BCUT2D eigenvalue weighted by atomic mass is 10.0. The van der Waals surface area contributed by atoms with E-state index in [4.69, 9.17) is 10.5 Å². The molecule has 1 atom stereocenters. The zero-order chi connectivity index (χ0) is 12.3. The summed E-state index contributed by atoms with van der Waals surface area (Å²) in [5, 5.41) is 1.12. The predicted octanol–water partition coefficient (Wildman–Crippen LogP) is 1.60. The number of rotatable bonds is 4. The number of benzene rings is 1. The summed E-state index contributed by atoms with van der Waals surface area (Å²) in [7, 11) is 0. The molecule has 3 N–H and O–H groups in total. The largest absolute Gasteiger partial charge is 0.465 e. The van der Waals surface area contributed by atoms with Gasteiger partial charge >= 0.3 is 5.97 Å². The van der Waals surface area contributed by atoms with Crippen molar-refractivity contribution in [3.63, 3.8) is 0 Å². The average Bonchev–Trinajstić information content (AvgIpc) is 2.78. The fourth-order valence-electron chi connectivity index (χ4n) is 1.89. The van der Waals surface area contributed by atoms with E-state index in [0.717, 1.165) is 16.5 Å². The van der Waals surface area contributed by atoms with Crippen LogP contribution in [0.1, 0.15) is 12.5 Å². The summed E-state index contributed by atoms with van der Waals surface area (Å²) >= 11 is 0. The molecule has 0 bridgehead atoms. The van der Waals surface area contributed by atoms with Gasteiger partial charge in [-0.1, -0.05) is 18.2 Å². The van der Waals surface area contributed by atoms with Gasteiger partial charge < -0.3 is 15.5 Å². The molecule has 4 heteroatoms. The summed E-state index contributed by atoms with van der Waals surface area (Å²) in [4.78, 5) is 14.6. The third-order valence-corrected chi connectivity index (χ3v) is 2.70. The second-order valence-corrected chi connectivity index (χ2v) is 3.92. The zero-order valence-corrected chi connectivity index (χ0v) is 9.77. The van der Waals surface area contributed by atoms with E-state index in [1.54, 1.807) is 6.92 Å². The second-order valence-electron chi connectivity index (χ2n) is 3.92. The molecule has 0 spiro atoms. The highest BCUT2D eigenvalue weighted by atomic mass is 16.5. The van der Waals surface area contributed by atoms with Crippen molar-refractivity contribution in [2.45, 2.75) is 19.4 Å². The first-order valence-electron chi connectivity index (χ1n) is 5.69. The third kappa shape index (κ3) is 2.47. The molecule has 1 heterocycles. The van der Waals surface area contributed by atoms with Crippen LogP contribution in [-0.2, 0) is 16.0 Å². The molecule has 2 aromatic rings. The maximum absolute atomic E-state index is 11.5. The molecule has 2 rings (SSSR count). The molecule has 0 aliphatic heterocycles. The van der Waals surface area contributed by atoms with Crippen molar-refractivity contribution in [3.8, 4) is 0 Å². The van der Waals surface area contributed by atoms with Gasteiger partial charge in [0.25, 0.3) is 0 Å². The van der Waals surface area contributed by atoms with Crippen LogP contribution in [0.4, 0.5) is 0 Å². The number of nitrogens with two attached hydrogens (primary N) is 1. The highest BCUT2D eigenvalue weighted by molar-refractivity contribution is 5.84. The summed E-state index contributed by atoms with van der Waals surface area (Å²) in [5.41, 5.74) is 7.88. The first kappa shape index (κ1) is 11.7. The van der Waals surface area contributed by atoms with Crippen LogP contribution in [0, 0.1) is 0 Å². The lowest BCUT2D eigenvalue weighted by Gasteiger charge is -2.11. The van der Waals surface area contributed by atoms with E-state index in [-0.39, 0.29) is 5.97 Å². The molecule has 1 aromatic heterocycles. The predicted molar refractivity (Wildman–Crippen MR) is 66.6 cm³/mol. The number of hydrogen-bond acceptors (Lipinski definition) is 3. The summed E-state index contributed by atoms with van der Waals surface area (Å²) in [6.07, 6.45) is 2.36. The second kappa shape index (κ2) is 5.01. The lowest BCUT2D eigenvalue weighted by Crippen LogP contribution is -2.34. The molecule has 0 radical (unpaired) electrons. The van der Waals surface area contributed by atoms with E-state index >= 15 is 0 Å². The van der Waals surface area contributed by atoms with Crippen molar-refractivity contribution >= 4 is 16.9 Å². The normalized spacial score (nSPS) is 12.6. The molecular weight excluding hydrogens is 216 g/mol. The van der Waals surface area contributed by atoms with Crippen molar-refractivity contribution in [3.05, 3.63) is 36.0 Å². The Kier molecular flexibility index (Phi) is 3.44. The summed E-state index contributed by atoms with van der Waals surface area (Å²) in [6, 6.07) is 7.34. The minimum Gasteiger partial charge on any atom is -0.465 e. The molecule has 0 fully saturated rings. The van der Waals surface area contributed by atoms with Crippen LogP contribution in [0.15, 0.2) is 30.5 Å². The van der Waals surface area contributed by atoms with E-state index in [2.05, 4.69) is 4.98 Å². The van der Waals surface area contributed by atoms with Crippen molar-refractivity contribution < 1.29 is 9.53 Å². The van der Waals surface area contributed by atoms with Crippen molar-refractivity contribution in [1.29, 1.82) is 0 Å². The van der Waals surface area contributed by atoms with Crippen LogP contribution in [0.5, 0.6) is 0 Å². The number of carbonyl (C=O) groups excluding carboxylic acids is 1. The topological polar surface area (TPSA) is 68.1 Å². The number of esters is 1. The van der Waals surface area contributed by atoms with Crippen LogP contribution in [-0.4, -0.2) is 23.6 Å². The van der Waals surface area contributed by atoms with Crippen molar-refractivity contribution in [2.24, 2.45) is 5.73 Å². The van der Waals surface area contributed by atoms with Gasteiger partial charge in [-0.2, -0.15) is 0 Å². The molecule has 17 heavy (non-hydrogen) atoms. The highest BCUT2D eigenvalue weighted by Gasteiger charge is 2.16. The van der Waals surface area contributed by atoms with Gasteiger partial charge in [-0.05, 0) is 23.9 Å². The number of para-hydroxylation sites is 1. The first-order valence-corrected chi connectivity index (χ1v) is 5.69. The van der Waals surface area contributed by atoms with Gasteiger partial charge in [-0.25, -0.2) is 0 Å². The van der Waals surface area contributed by atoms with E-state index < -0.39 is 6.04 Å². The molecular formula is C13H16N2O2. The quantitative estimate of drug-likeness (QED) is 0.787. The molecule has 1 aromatic carbocycles. The Balaban J connectivity index is 2.18. The lowest BCUT2D eigenvalue weighted by molar-refractivity contribution is -0.144. The summed E-state index contributed by atoms with van der Waals surface area (Å²) in [6.45, 7) is 2.13. The Bertz CT molecular complexity index is 519. The fourth-order valence-corrected chi connectivity index (χ4v) is 1.89. The minimum atomic E-state index is -0.608. The number of nitrogens with one attached hydrogen (secondary N) is 1. The van der Waals surface area contributed by atoms with Crippen LogP contribution < -0.4 is 5.73 Å². The Hall–Kier alpha value is -1.81. The highest BCUT2D eigenvalue weighted by Crippen LogP contribution is 2.18. The standard InChI is InChI=1S/C13H16N2O2/c1-2-17-13(16)11(14)8-10-5-3-4-9-6-7-15-12(9)10/h3-7,11,15H,2,8,14H2,1H3. The van der Waals surface area contributed by atoms with Crippen LogP contribution in [0.3, 0.4) is 0 Å². The van der Waals surface area contributed by atoms with Crippen LogP contribution in [0.2, 0.25) is 0 Å². The Morgan fingerprint density at radius 2 is 2.29 bits per heavy atom. The number of carbonyl (C=O) groups is 1. The Labute approximate surface area is 99.8 Å². The molecule has 90 valence electrons. The van der Waals surface area contributed by atoms with Gasteiger partial charge in [0.2, 0.25) is 0 Å². The van der Waals surface area contributed by atoms with Gasteiger partial charge in [-0.3, -0.25) is 4.79 Å². The smallest absolute Gasteiger partial charge is 0.323 e. The van der Waals surface area contributed by atoms with Gasteiger partial charge in [0, 0.05) is 18.1 Å². The SMILES string of the molecule is CCOC(=O)C(N)Cc1cccc2cc[nH]c12. The van der Waals surface area contributed by atoms with E-state index in [1.807, 2.05) is 30.5 Å². The number of ether oxygens (including phenoxy) is 1. The van der Waals surface area contributed by atoms with Crippen molar-refractivity contribution in [1.82, 2.24) is 4.98 Å². The average molecular weight is 232 g/mol. The maximum atomic E-state index is 11.5. The molecule has 0 saturated heterocycles. The van der Waals surface area contributed by atoms with Crippen LogP contribution in [0.25, 0.3) is 10.9 Å². The molecule has 4 nitrogen and oxygen atoms in total. The van der Waals surface area contributed by atoms with E-state index in [0.29, 0.717) is 13.0 Å². The molecule has 0 amide bonds. The third-order valence-electron chi connectivity index (χ3n) is 2.70. The number of fused-ring (bicyclic) bond motifs is 1. The van der Waals surface area contributed by atoms with E-state index in [9.17, 15) is 4.79 Å². The molecule has 1 unspecified atom stereocenters. The van der Waals surface area contributed by atoms with Gasteiger partial charge in [-0.15, -0.1) is 0 Å². The zero-order valence-electron chi connectivity index (χ0n) is 9.77. The Morgan fingerprint density at radius 1 is 1.47 bits per heavy atom. The molecule has 0 aliphatic carbocycles. The van der Waals surface area contributed by atoms with Gasteiger partial charge in [0.15, 0.2) is 0 Å². The molecule has 0 aliphatic rings. The fraction of sp³-hybridized carbons (Fsp3) is 0.308. The minimum absolute atomic E-state index is 0.351. The van der Waals surface area contributed by atoms with E-state index in [1.165, 1.54) is 0 Å². The Morgan fingerprint density at radius 3 is 3.06 bits per heavy atom.